The molecule has 0 aromatic heterocycles. The fourth-order valence-electron chi connectivity index (χ4n) is 3.99. The molecule has 1 heterocycles. The predicted octanol–water partition coefficient (Wildman–Crippen LogP) is 3.55. The van der Waals surface area contributed by atoms with Crippen LogP contribution in [0.5, 0.6) is 0 Å². The number of anilines is 1. The van der Waals surface area contributed by atoms with Crippen LogP contribution in [0.4, 0.5) is 5.69 Å². The minimum atomic E-state index is -0.687. The van der Waals surface area contributed by atoms with E-state index < -0.39 is 11.9 Å². The molecule has 1 aromatic rings. The van der Waals surface area contributed by atoms with Gasteiger partial charge in [-0.25, -0.2) is 9.59 Å². The summed E-state index contributed by atoms with van der Waals surface area (Å²) in [4.78, 5) is 39.6. The van der Waals surface area contributed by atoms with Crippen molar-refractivity contribution < 1.29 is 23.9 Å². The SMILES string of the molecule is COC(=O)C1=C(C(=O)OC)N(c2cccc(C(=O)NC3CCCCC3)c2C)C=CC=C1. The maximum absolute atomic E-state index is 13.0. The first kappa shape index (κ1) is 22.3. The summed E-state index contributed by atoms with van der Waals surface area (Å²) in [5.74, 6) is -1.48. The summed E-state index contributed by atoms with van der Waals surface area (Å²) in [7, 11) is 2.50. The van der Waals surface area contributed by atoms with Gasteiger partial charge in [0.1, 0.15) is 5.70 Å². The van der Waals surface area contributed by atoms with Crippen molar-refractivity contribution in [3.05, 3.63) is 65.0 Å². The van der Waals surface area contributed by atoms with E-state index in [0.29, 0.717) is 16.8 Å². The number of hydrogen-bond donors (Lipinski definition) is 1. The van der Waals surface area contributed by atoms with Gasteiger partial charge in [-0.3, -0.25) is 4.79 Å². The number of allylic oxidation sites excluding steroid dienone is 2. The van der Waals surface area contributed by atoms with Gasteiger partial charge >= 0.3 is 11.9 Å². The molecule has 164 valence electrons. The molecule has 2 aliphatic rings. The molecule has 0 unspecified atom stereocenters. The van der Waals surface area contributed by atoms with E-state index in [1.807, 2.05) is 6.92 Å². The Morgan fingerprint density at radius 3 is 2.39 bits per heavy atom. The topological polar surface area (TPSA) is 84.9 Å². The molecule has 1 aliphatic heterocycles. The van der Waals surface area contributed by atoms with Gasteiger partial charge in [0, 0.05) is 23.5 Å². The van der Waals surface area contributed by atoms with Gasteiger partial charge in [-0.15, -0.1) is 0 Å². The van der Waals surface area contributed by atoms with Crippen molar-refractivity contribution in [2.45, 2.75) is 45.1 Å². The molecule has 1 fully saturated rings. The molecule has 0 atom stereocenters. The van der Waals surface area contributed by atoms with Gasteiger partial charge in [0.05, 0.1) is 19.8 Å². The van der Waals surface area contributed by atoms with Crippen molar-refractivity contribution >= 4 is 23.5 Å². The van der Waals surface area contributed by atoms with Crippen LogP contribution in [0.2, 0.25) is 0 Å². The van der Waals surface area contributed by atoms with E-state index in [1.165, 1.54) is 26.7 Å². The molecule has 0 saturated heterocycles. The van der Waals surface area contributed by atoms with Gasteiger partial charge in [-0.05, 0) is 49.6 Å². The summed E-state index contributed by atoms with van der Waals surface area (Å²) in [6.45, 7) is 1.82. The lowest BCUT2D eigenvalue weighted by Crippen LogP contribution is -2.36. The Balaban J connectivity index is 2.02. The van der Waals surface area contributed by atoms with Gasteiger partial charge < -0.3 is 19.7 Å². The van der Waals surface area contributed by atoms with Crippen LogP contribution in [0, 0.1) is 6.92 Å². The first-order valence-corrected chi connectivity index (χ1v) is 10.4. The van der Waals surface area contributed by atoms with Gasteiger partial charge in [0.25, 0.3) is 5.91 Å². The van der Waals surface area contributed by atoms with Gasteiger partial charge in [0.15, 0.2) is 0 Å². The average Bonchev–Trinajstić information content (AvgIpc) is 3.01. The monoisotopic (exact) mass is 424 g/mol. The molecular formula is C24H28N2O5. The summed E-state index contributed by atoms with van der Waals surface area (Å²) in [6, 6.07) is 5.50. The fourth-order valence-corrected chi connectivity index (χ4v) is 3.99. The number of amides is 1. The number of rotatable bonds is 5. The maximum atomic E-state index is 13.0. The molecule has 0 radical (unpaired) electrons. The average molecular weight is 424 g/mol. The summed E-state index contributed by atoms with van der Waals surface area (Å²) >= 11 is 0. The van der Waals surface area contributed by atoms with Crippen LogP contribution in [-0.2, 0) is 19.1 Å². The first-order valence-electron chi connectivity index (χ1n) is 10.4. The summed E-state index contributed by atoms with van der Waals surface area (Å²) < 4.78 is 9.80. The van der Waals surface area contributed by atoms with E-state index in [1.54, 1.807) is 41.5 Å². The van der Waals surface area contributed by atoms with E-state index in [9.17, 15) is 14.4 Å². The van der Waals surface area contributed by atoms with Crippen molar-refractivity contribution in [3.63, 3.8) is 0 Å². The van der Waals surface area contributed by atoms with Crippen molar-refractivity contribution in [2.24, 2.45) is 0 Å². The third-order valence-electron chi connectivity index (χ3n) is 5.64. The quantitative estimate of drug-likeness (QED) is 0.728. The fraction of sp³-hybridized carbons (Fsp3) is 0.375. The van der Waals surface area contributed by atoms with Crippen molar-refractivity contribution in [1.82, 2.24) is 5.32 Å². The zero-order valence-electron chi connectivity index (χ0n) is 18.1. The Hall–Kier alpha value is -3.35. The predicted molar refractivity (Wildman–Crippen MR) is 117 cm³/mol. The highest BCUT2D eigenvalue weighted by Gasteiger charge is 2.29. The number of carbonyl (C=O) groups is 3. The Bertz CT molecular complexity index is 955. The molecule has 7 heteroatoms. The number of hydrogen-bond acceptors (Lipinski definition) is 6. The number of benzene rings is 1. The number of carbonyl (C=O) groups excluding carboxylic acids is 3. The molecule has 0 bridgehead atoms. The van der Waals surface area contributed by atoms with Gasteiger partial charge in [-0.1, -0.05) is 31.4 Å². The molecule has 1 aliphatic carbocycles. The summed E-state index contributed by atoms with van der Waals surface area (Å²) in [5.41, 5.74) is 1.90. The van der Waals surface area contributed by atoms with E-state index in [0.717, 1.165) is 25.7 Å². The van der Waals surface area contributed by atoms with E-state index in [-0.39, 0.29) is 23.2 Å². The highest BCUT2D eigenvalue weighted by atomic mass is 16.5. The number of esters is 2. The Labute approximate surface area is 182 Å². The van der Waals surface area contributed by atoms with Gasteiger partial charge in [-0.2, -0.15) is 0 Å². The zero-order valence-corrected chi connectivity index (χ0v) is 18.1. The Kier molecular flexibility index (Phi) is 7.28. The maximum Gasteiger partial charge on any atom is 0.355 e. The van der Waals surface area contributed by atoms with Crippen LogP contribution >= 0.6 is 0 Å². The second kappa shape index (κ2) is 10.1. The van der Waals surface area contributed by atoms with Gasteiger partial charge in [0.2, 0.25) is 0 Å². The number of nitrogens with zero attached hydrogens (tertiary/aromatic N) is 1. The lowest BCUT2D eigenvalue weighted by molar-refractivity contribution is -0.139. The minimum absolute atomic E-state index is 0.0206. The third kappa shape index (κ3) is 4.87. The highest BCUT2D eigenvalue weighted by Crippen LogP contribution is 2.31. The van der Waals surface area contributed by atoms with E-state index in [2.05, 4.69) is 5.32 Å². The van der Waals surface area contributed by atoms with Crippen LogP contribution in [-0.4, -0.2) is 38.1 Å². The molecule has 3 rings (SSSR count). The summed E-state index contributed by atoms with van der Waals surface area (Å²) in [5, 5.41) is 3.13. The normalized spacial score (nSPS) is 16.7. The standard InChI is InChI=1S/C24H28N2O5/c1-16-18(22(27)25-17-10-5-4-6-11-17)13-9-14-20(16)26-15-8-7-12-19(23(28)30-2)21(26)24(29)31-3/h7-9,12-15,17H,4-6,10-11H2,1-3H3,(H,25,27). The molecule has 7 nitrogen and oxygen atoms in total. The van der Waals surface area contributed by atoms with Crippen LogP contribution in [0.3, 0.4) is 0 Å². The van der Waals surface area contributed by atoms with Crippen molar-refractivity contribution in [3.8, 4) is 0 Å². The minimum Gasteiger partial charge on any atom is -0.465 e. The molecule has 1 saturated carbocycles. The molecule has 0 spiro atoms. The molecule has 31 heavy (non-hydrogen) atoms. The van der Waals surface area contributed by atoms with Crippen LogP contribution in [0.1, 0.15) is 48.0 Å². The number of methoxy groups -OCH3 is 2. The number of ether oxygens (including phenoxy) is 2. The van der Waals surface area contributed by atoms with E-state index in [4.69, 9.17) is 9.47 Å². The number of nitrogens with one attached hydrogen (secondary N) is 1. The molecular weight excluding hydrogens is 396 g/mol. The van der Waals surface area contributed by atoms with E-state index >= 15 is 0 Å². The first-order chi connectivity index (χ1) is 15.0. The third-order valence-corrected chi connectivity index (χ3v) is 5.64. The van der Waals surface area contributed by atoms with Crippen LogP contribution in [0.25, 0.3) is 0 Å². The molecule has 1 aromatic carbocycles. The zero-order chi connectivity index (χ0) is 22.4. The lowest BCUT2D eigenvalue weighted by Gasteiger charge is -2.26. The molecule has 1 N–H and O–H groups in total. The van der Waals surface area contributed by atoms with Crippen molar-refractivity contribution in [2.75, 3.05) is 19.1 Å². The Morgan fingerprint density at radius 2 is 1.71 bits per heavy atom. The second-order valence-corrected chi connectivity index (χ2v) is 7.57. The van der Waals surface area contributed by atoms with Crippen molar-refractivity contribution in [1.29, 1.82) is 0 Å². The second-order valence-electron chi connectivity index (χ2n) is 7.57. The smallest absolute Gasteiger partial charge is 0.355 e. The lowest BCUT2D eigenvalue weighted by atomic mass is 9.95. The Morgan fingerprint density at radius 1 is 1.00 bits per heavy atom. The van der Waals surface area contributed by atoms with Crippen LogP contribution < -0.4 is 10.2 Å². The summed E-state index contributed by atoms with van der Waals surface area (Å²) in [6.07, 6.45) is 11.9. The highest BCUT2D eigenvalue weighted by molar-refractivity contribution is 6.06. The largest absolute Gasteiger partial charge is 0.465 e. The molecule has 1 amide bonds. The van der Waals surface area contributed by atoms with Crippen LogP contribution in [0.15, 0.2) is 53.9 Å².